The van der Waals surface area contributed by atoms with E-state index in [1.165, 1.54) is 0 Å². The molecule has 3 heterocycles. The molecule has 2 aliphatic heterocycles. The van der Waals surface area contributed by atoms with Crippen molar-refractivity contribution in [2.45, 2.75) is 38.3 Å². The van der Waals surface area contributed by atoms with E-state index in [1.54, 1.807) is 6.92 Å². The highest BCUT2D eigenvalue weighted by Crippen LogP contribution is 2.34. The predicted octanol–water partition coefficient (Wildman–Crippen LogP) is 2.05. The Labute approximate surface area is 128 Å². The number of carbonyl (C=O) groups is 1. The second-order valence-corrected chi connectivity index (χ2v) is 5.78. The first kappa shape index (κ1) is 13.3. The molecular formula is C16H17N3O3. The third kappa shape index (κ3) is 2.15. The van der Waals surface area contributed by atoms with Crippen molar-refractivity contribution in [1.29, 1.82) is 0 Å². The lowest BCUT2D eigenvalue weighted by molar-refractivity contribution is -0.139. The molecule has 0 N–H and O–H groups in total. The highest BCUT2D eigenvalue weighted by molar-refractivity contribution is 5.83. The van der Waals surface area contributed by atoms with Gasteiger partial charge in [-0.15, -0.1) is 0 Å². The molecule has 2 atom stereocenters. The number of aromatic nitrogens is 2. The van der Waals surface area contributed by atoms with E-state index in [2.05, 4.69) is 10.1 Å². The summed E-state index contributed by atoms with van der Waals surface area (Å²) in [5.74, 6) is 1.95. The number of hydrogen-bond donors (Lipinski definition) is 0. The number of rotatable bonds is 2. The second kappa shape index (κ2) is 5.12. The highest BCUT2D eigenvalue weighted by atomic mass is 16.5. The van der Waals surface area contributed by atoms with Gasteiger partial charge in [-0.05, 0) is 24.5 Å². The Bertz CT molecular complexity index is 687. The Morgan fingerprint density at radius 2 is 2.23 bits per heavy atom. The lowest BCUT2D eigenvalue weighted by atomic mass is 10.1. The Morgan fingerprint density at radius 3 is 3.00 bits per heavy atom. The number of carbonyl (C=O) groups excluding carboxylic acids is 1. The summed E-state index contributed by atoms with van der Waals surface area (Å²) >= 11 is 0. The molecule has 0 saturated carbocycles. The van der Waals surface area contributed by atoms with Crippen molar-refractivity contribution in [3.63, 3.8) is 0 Å². The third-order valence-corrected chi connectivity index (χ3v) is 4.30. The van der Waals surface area contributed by atoms with Gasteiger partial charge in [0.05, 0.1) is 6.04 Å². The fraction of sp³-hybridized carbons (Fsp3) is 0.438. The maximum Gasteiger partial charge on any atom is 0.264 e. The summed E-state index contributed by atoms with van der Waals surface area (Å²) in [6, 6.07) is 7.71. The van der Waals surface area contributed by atoms with Crippen LogP contribution >= 0.6 is 0 Å². The highest BCUT2D eigenvalue weighted by Gasteiger charge is 2.39. The molecule has 0 aliphatic carbocycles. The number of benzene rings is 1. The molecule has 1 fully saturated rings. The first-order chi connectivity index (χ1) is 10.7. The fourth-order valence-corrected chi connectivity index (χ4v) is 3.25. The summed E-state index contributed by atoms with van der Waals surface area (Å²) in [6.07, 6.45) is 2.00. The van der Waals surface area contributed by atoms with Crippen LogP contribution in [-0.2, 0) is 11.2 Å². The Balaban J connectivity index is 1.53. The van der Waals surface area contributed by atoms with Crippen LogP contribution < -0.4 is 4.74 Å². The van der Waals surface area contributed by atoms with Gasteiger partial charge in [-0.3, -0.25) is 4.79 Å². The zero-order chi connectivity index (χ0) is 15.1. The van der Waals surface area contributed by atoms with Gasteiger partial charge in [0.2, 0.25) is 5.89 Å². The molecule has 2 aliphatic rings. The minimum Gasteiger partial charge on any atom is -0.480 e. The van der Waals surface area contributed by atoms with Crippen molar-refractivity contribution in [2.75, 3.05) is 6.54 Å². The normalized spacial score (nSPS) is 23.4. The van der Waals surface area contributed by atoms with Crippen LogP contribution in [0.15, 0.2) is 28.8 Å². The van der Waals surface area contributed by atoms with E-state index in [0.717, 1.165) is 24.2 Å². The maximum atomic E-state index is 12.8. The molecule has 1 aromatic heterocycles. The quantitative estimate of drug-likeness (QED) is 0.849. The molecule has 1 amide bonds. The molecule has 2 aromatic rings. The number of hydrogen-bond acceptors (Lipinski definition) is 5. The van der Waals surface area contributed by atoms with Gasteiger partial charge in [0.25, 0.3) is 5.91 Å². The molecule has 2 unspecified atom stereocenters. The van der Waals surface area contributed by atoms with Crippen LogP contribution in [0.4, 0.5) is 0 Å². The van der Waals surface area contributed by atoms with Crippen LogP contribution in [0.2, 0.25) is 0 Å². The van der Waals surface area contributed by atoms with E-state index >= 15 is 0 Å². The Hall–Kier alpha value is -2.37. The van der Waals surface area contributed by atoms with E-state index in [1.807, 2.05) is 29.2 Å². The molecule has 0 radical (unpaired) electrons. The number of likely N-dealkylation sites (tertiary alicyclic amines) is 1. The lowest BCUT2D eigenvalue weighted by Crippen LogP contribution is -2.41. The van der Waals surface area contributed by atoms with Crippen LogP contribution in [0.3, 0.4) is 0 Å². The average Bonchev–Trinajstić information content (AvgIpc) is 3.24. The summed E-state index contributed by atoms with van der Waals surface area (Å²) < 4.78 is 10.9. The smallest absolute Gasteiger partial charge is 0.264 e. The van der Waals surface area contributed by atoms with E-state index in [9.17, 15) is 4.79 Å². The van der Waals surface area contributed by atoms with Crippen LogP contribution in [0.5, 0.6) is 5.75 Å². The van der Waals surface area contributed by atoms with Gasteiger partial charge in [-0.1, -0.05) is 23.4 Å². The van der Waals surface area contributed by atoms with Crippen molar-refractivity contribution in [1.82, 2.24) is 15.0 Å². The van der Waals surface area contributed by atoms with Crippen molar-refractivity contribution >= 4 is 5.91 Å². The molecule has 6 heteroatoms. The third-order valence-electron chi connectivity index (χ3n) is 4.30. The van der Waals surface area contributed by atoms with Crippen LogP contribution in [0.25, 0.3) is 0 Å². The summed E-state index contributed by atoms with van der Waals surface area (Å²) in [6.45, 7) is 2.47. The Kier molecular flexibility index (Phi) is 3.10. The van der Waals surface area contributed by atoms with Gasteiger partial charge < -0.3 is 14.2 Å². The number of ether oxygens (including phenoxy) is 1. The number of fused-ring (bicyclic) bond motifs is 1. The van der Waals surface area contributed by atoms with Gasteiger partial charge in [0.15, 0.2) is 11.9 Å². The van der Waals surface area contributed by atoms with Gasteiger partial charge >= 0.3 is 0 Å². The minimum atomic E-state index is -0.439. The topological polar surface area (TPSA) is 68.5 Å². The van der Waals surface area contributed by atoms with E-state index in [4.69, 9.17) is 9.26 Å². The molecule has 1 aromatic carbocycles. The summed E-state index contributed by atoms with van der Waals surface area (Å²) in [5, 5.41) is 3.98. The second-order valence-electron chi connectivity index (χ2n) is 5.78. The SMILES string of the molecule is Cc1nc(C2CCCN2C(=O)C2Cc3ccccc3O2)no1. The number of aryl methyl sites for hydroxylation is 1. The number of amides is 1. The van der Waals surface area contributed by atoms with Crippen molar-refractivity contribution in [3.8, 4) is 5.75 Å². The van der Waals surface area contributed by atoms with Crippen molar-refractivity contribution in [3.05, 3.63) is 41.5 Å². The summed E-state index contributed by atoms with van der Waals surface area (Å²) in [5.41, 5.74) is 1.09. The average molecular weight is 299 g/mol. The molecule has 0 spiro atoms. The van der Waals surface area contributed by atoms with Crippen molar-refractivity contribution in [2.24, 2.45) is 0 Å². The summed E-state index contributed by atoms with van der Waals surface area (Å²) in [7, 11) is 0. The first-order valence-electron chi connectivity index (χ1n) is 7.57. The van der Waals surface area contributed by atoms with Crippen molar-refractivity contribution < 1.29 is 14.1 Å². The first-order valence-corrected chi connectivity index (χ1v) is 7.57. The molecule has 1 saturated heterocycles. The minimum absolute atomic E-state index is 0.0150. The Morgan fingerprint density at radius 1 is 1.36 bits per heavy atom. The molecule has 4 rings (SSSR count). The van der Waals surface area contributed by atoms with Gasteiger partial charge in [0, 0.05) is 19.9 Å². The zero-order valence-electron chi connectivity index (χ0n) is 12.4. The maximum absolute atomic E-state index is 12.8. The predicted molar refractivity (Wildman–Crippen MR) is 77.3 cm³/mol. The summed E-state index contributed by atoms with van der Waals surface area (Å²) in [4.78, 5) is 18.9. The molecule has 22 heavy (non-hydrogen) atoms. The lowest BCUT2D eigenvalue weighted by Gasteiger charge is -2.25. The van der Waals surface area contributed by atoms with E-state index in [0.29, 0.717) is 24.7 Å². The zero-order valence-corrected chi connectivity index (χ0v) is 12.4. The van der Waals surface area contributed by atoms with Crippen LogP contribution in [0.1, 0.15) is 36.2 Å². The number of para-hydroxylation sites is 1. The standard InChI is InChI=1S/C16H17N3O3/c1-10-17-15(18-22-10)12-6-4-8-19(12)16(20)14-9-11-5-2-3-7-13(11)21-14/h2-3,5,7,12,14H,4,6,8-9H2,1H3. The van der Waals surface area contributed by atoms with E-state index in [-0.39, 0.29) is 11.9 Å². The van der Waals surface area contributed by atoms with Gasteiger partial charge in [-0.25, -0.2) is 0 Å². The molecule has 114 valence electrons. The molecular weight excluding hydrogens is 282 g/mol. The van der Waals surface area contributed by atoms with Gasteiger partial charge in [0.1, 0.15) is 5.75 Å². The molecule has 6 nitrogen and oxygen atoms in total. The van der Waals surface area contributed by atoms with Crippen LogP contribution in [0, 0.1) is 6.92 Å². The van der Waals surface area contributed by atoms with Crippen LogP contribution in [-0.4, -0.2) is 33.6 Å². The number of nitrogens with zero attached hydrogens (tertiary/aromatic N) is 3. The fourth-order valence-electron chi connectivity index (χ4n) is 3.25. The molecule has 0 bridgehead atoms. The monoisotopic (exact) mass is 299 g/mol. The van der Waals surface area contributed by atoms with E-state index < -0.39 is 6.10 Å². The van der Waals surface area contributed by atoms with Gasteiger partial charge in [-0.2, -0.15) is 4.98 Å². The largest absolute Gasteiger partial charge is 0.480 e.